The van der Waals surface area contributed by atoms with Crippen LogP contribution in [0.15, 0.2) is 48.5 Å². The Balaban J connectivity index is 0.00000112. The van der Waals surface area contributed by atoms with Crippen LogP contribution in [0.25, 0.3) is 11.1 Å². The van der Waals surface area contributed by atoms with Crippen molar-refractivity contribution in [2.24, 2.45) is 0 Å². The van der Waals surface area contributed by atoms with E-state index in [2.05, 4.69) is 62.4 Å². The Morgan fingerprint density at radius 1 is 0.533 bits per heavy atom. The predicted octanol–water partition coefficient (Wildman–Crippen LogP) is 4.61. The van der Waals surface area contributed by atoms with Gasteiger partial charge in [-0.3, -0.25) is 0 Å². The van der Waals surface area contributed by atoms with E-state index in [1.807, 2.05) is 0 Å². The van der Waals surface area contributed by atoms with Gasteiger partial charge in [-0.25, -0.2) is 0 Å². The van der Waals surface area contributed by atoms with Crippen molar-refractivity contribution in [1.82, 2.24) is 0 Å². The standard InChI is InChI=1S/C14H14.CH4/c1-11-3-7-13(8-4-11)14-9-5-12(2)6-10-14;/h3-10H,1-2H3;1H4. The molecular formula is C15H18. The smallest absolute Gasteiger partial charge is 0.0184 e. The molecule has 0 fully saturated rings. The van der Waals surface area contributed by atoms with Crippen molar-refractivity contribution in [3.8, 4) is 11.1 Å². The van der Waals surface area contributed by atoms with E-state index in [9.17, 15) is 0 Å². The van der Waals surface area contributed by atoms with Crippen LogP contribution in [0.2, 0.25) is 0 Å². The molecule has 2 aromatic rings. The maximum absolute atomic E-state index is 2.17. The van der Waals surface area contributed by atoms with Crippen molar-refractivity contribution in [2.75, 3.05) is 0 Å². The van der Waals surface area contributed by atoms with Crippen molar-refractivity contribution in [3.05, 3.63) is 59.7 Å². The molecule has 2 rings (SSSR count). The van der Waals surface area contributed by atoms with Crippen LogP contribution in [0.3, 0.4) is 0 Å². The molecule has 0 spiro atoms. The molecule has 0 unspecified atom stereocenters. The molecule has 0 heteroatoms. The van der Waals surface area contributed by atoms with Gasteiger partial charge in [0.1, 0.15) is 0 Å². The molecule has 78 valence electrons. The van der Waals surface area contributed by atoms with Crippen LogP contribution in [0.5, 0.6) is 0 Å². The number of rotatable bonds is 1. The Morgan fingerprint density at radius 2 is 0.800 bits per heavy atom. The minimum absolute atomic E-state index is 0. The van der Waals surface area contributed by atoms with Crippen molar-refractivity contribution in [1.29, 1.82) is 0 Å². The van der Waals surface area contributed by atoms with Crippen LogP contribution in [-0.2, 0) is 0 Å². The van der Waals surface area contributed by atoms with E-state index in [1.165, 1.54) is 22.3 Å². The third-order valence-electron chi connectivity index (χ3n) is 2.44. The maximum Gasteiger partial charge on any atom is -0.0184 e. The summed E-state index contributed by atoms with van der Waals surface area (Å²) < 4.78 is 0. The Bertz CT molecular complexity index is 363. The van der Waals surface area contributed by atoms with Gasteiger partial charge in [-0.1, -0.05) is 67.1 Å². The molecule has 0 aliphatic carbocycles. The van der Waals surface area contributed by atoms with E-state index in [0.717, 1.165) is 0 Å². The van der Waals surface area contributed by atoms with Crippen molar-refractivity contribution >= 4 is 0 Å². The summed E-state index contributed by atoms with van der Waals surface area (Å²) in [6.45, 7) is 4.22. The first-order valence-corrected chi connectivity index (χ1v) is 4.89. The fraction of sp³-hybridized carbons (Fsp3) is 0.200. The summed E-state index contributed by atoms with van der Waals surface area (Å²) in [5, 5.41) is 0. The summed E-state index contributed by atoms with van der Waals surface area (Å²) in [7, 11) is 0. The predicted molar refractivity (Wildman–Crippen MR) is 68.1 cm³/mol. The summed E-state index contributed by atoms with van der Waals surface area (Å²) in [5.74, 6) is 0. The first-order chi connectivity index (χ1) is 6.75. The van der Waals surface area contributed by atoms with Crippen molar-refractivity contribution in [3.63, 3.8) is 0 Å². The summed E-state index contributed by atoms with van der Waals surface area (Å²) in [4.78, 5) is 0. The normalized spacial score (nSPS) is 9.47. The van der Waals surface area contributed by atoms with Crippen LogP contribution in [0.4, 0.5) is 0 Å². The molecule has 0 amide bonds. The minimum Gasteiger partial charge on any atom is -0.0776 e. The van der Waals surface area contributed by atoms with Gasteiger partial charge in [-0.2, -0.15) is 0 Å². The average Bonchev–Trinajstić information content (AvgIpc) is 2.21. The lowest BCUT2D eigenvalue weighted by atomic mass is 10.0. The third-order valence-corrected chi connectivity index (χ3v) is 2.44. The van der Waals surface area contributed by atoms with E-state index in [0.29, 0.717) is 0 Å². The molecule has 0 aromatic heterocycles. The van der Waals surface area contributed by atoms with E-state index in [1.54, 1.807) is 0 Å². The van der Waals surface area contributed by atoms with Crippen LogP contribution >= 0.6 is 0 Å². The Morgan fingerprint density at radius 3 is 1.07 bits per heavy atom. The fourth-order valence-electron chi connectivity index (χ4n) is 1.49. The highest BCUT2D eigenvalue weighted by Gasteiger charge is 1.95. The van der Waals surface area contributed by atoms with Crippen molar-refractivity contribution < 1.29 is 0 Å². The fourth-order valence-corrected chi connectivity index (χ4v) is 1.49. The van der Waals surface area contributed by atoms with E-state index < -0.39 is 0 Å². The van der Waals surface area contributed by atoms with Crippen LogP contribution in [0, 0.1) is 13.8 Å². The quantitative estimate of drug-likeness (QED) is 0.628. The number of hydrogen-bond donors (Lipinski definition) is 0. The van der Waals surface area contributed by atoms with Crippen LogP contribution in [0.1, 0.15) is 18.6 Å². The molecule has 0 saturated heterocycles. The molecule has 0 bridgehead atoms. The van der Waals surface area contributed by atoms with E-state index in [4.69, 9.17) is 0 Å². The monoisotopic (exact) mass is 198 g/mol. The zero-order valence-electron chi connectivity index (χ0n) is 8.62. The lowest BCUT2D eigenvalue weighted by molar-refractivity contribution is 1.45. The zero-order chi connectivity index (χ0) is 9.97. The lowest BCUT2D eigenvalue weighted by Gasteiger charge is -2.02. The van der Waals surface area contributed by atoms with Gasteiger partial charge in [0.05, 0.1) is 0 Å². The Labute approximate surface area is 92.6 Å². The van der Waals surface area contributed by atoms with Gasteiger partial charge in [0, 0.05) is 0 Å². The van der Waals surface area contributed by atoms with Crippen LogP contribution in [-0.4, -0.2) is 0 Å². The average molecular weight is 198 g/mol. The number of aryl methyl sites for hydroxylation is 2. The topological polar surface area (TPSA) is 0 Å². The summed E-state index contributed by atoms with van der Waals surface area (Å²) in [6, 6.07) is 17.3. The second-order valence-electron chi connectivity index (χ2n) is 3.73. The molecule has 0 radical (unpaired) electrons. The summed E-state index contributed by atoms with van der Waals surface area (Å²) in [5.41, 5.74) is 5.19. The van der Waals surface area contributed by atoms with E-state index >= 15 is 0 Å². The largest absolute Gasteiger partial charge is 0.0776 e. The second kappa shape index (κ2) is 4.79. The van der Waals surface area contributed by atoms with Gasteiger partial charge in [0.15, 0.2) is 0 Å². The molecule has 0 aliphatic rings. The zero-order valence-corrected chi connectivity index (χ0v) is 8.62. The van der Waals surface area contributed by atoms with Crippen molar-refractivity contribution in [2.45, 2.75) is 21.3 Å². The second-order valence-corrected chi connectivity index (χ2v) is 3.73. The SMILES string of the molecule is C.Cc1ccc(-c2ccc(C)cc2)cc1. The molecule has 0 nitrogen and oxygen atoms in total. The Kier molecular flexibility index (Phi) is 3.68. The summed E-state index contributed by atoms with van der Waals surface area (Å²) >= 11 is 0. The highest BCUT2D eigenvalue weighted by Crippen LogP contribution is 2.19. The van der Waals surface area contributed by atoms with Crippen LogP contribution < -0.4 is 0 Å². The van der Waals surface area contributed by atoms with Gasteiger partial charge in [0.2, 0.25) is 0 Å². The highest BCUT2D eigenvalue weighted by molar-refractivity contribution is 5.63. The third kappa shape index (κ3) is 2.69. The molecule has 0 aliphatic heterocycles. The minimum atomic E-state index is 0. The first-order valence-electron chi connectivity index (χ1n) is 4.89. The molecule has 0 atom stereocenters. The van der Waals surface area contributed by atoms with Gasteiger partial charge in [-0.05, 0) is 25.0 Å². The van der Waals surface area contributed by atoms with Gasteiger partial charge in [0.25, 0.3) is 0 Å². The highest BCUT2D eigenvalue weighted by atomic mass is 14.0. The molecule has 0 heterocycles. The molecule has 15 heavy (non-hydrogen) atoms. The van der Waals surface area contributed by atoms with Gasteiger partial charge in [-0.15, -0.1) is 0 Å². The number of benzene rings is 2. The lowest BCUT2D eigenvalue weighted by Crippen LogP contribution is -1.78. The molecule has 0 saturated carbocycles. The Hall–Kier alpha value is -1.56. The maximum atomic E-state index is 2.17. The van der Waals surface area contributed by atoms with E-state index in [-0.39, 0.29) is 7.43 Å². The number of hydrogen-bond acceptors (Lipinski definition) is 0. The first kappa shape index (κ1) is 11.5. The molecule has 2 aromatic carbocycles. The molecule has 0 N–H and O–H groups in total. The molecular weight excluding hydrogens is 180 g/mol. The van der Waals surface area contributed by atoms with Gasteiger partial charge >= 0.3 is 0 Å². The van der Waals surface area contributed by atoms with Gasteiger partial charge < -0.3 is 0 Å². The summed E-state index contributed by atoms with van der Waals surface area (Å²) in [6.07, 6.45) is 0.